The lowest BCUT2D eigenvalue weighted by atomic mass is 10.1. The minimum absolute atomic E-state index is 0.0107. The molecule has 2 aromatic heterocycles. The highest BCUT2D eigenvalue weighted by Crippen LogP contribution is 2.22. The Bertz CT molecular complexity index is 1190. The molecule has 0 aliphatic carbocycles. The number of halogens is 1. The molecule has 0 spiro atoms. The van der Waals surface area contributed by atoms with Gasteiger partial charge in [-0.15, -0.1) is 0 Å². The van der Waals surface area contributed by atoms with E-state index in [2.05, 4.69) is 20.9 Å². The number of aryl methyl sites for hydroxylation is 1. The SMILES string of the molecule is CCc1nc2ccccc2n1C(=O)c1cc2cc(Br)ccc2oc1=O. The van der Waals surface area contributed by atoms with Crippen molar-refractivity contribution < 1.29 is 9.21 Å². The van der Waals surface area contributed by atoms with Crippen LogP contribution >= 0.6 is 15.9 Å². The molecule has 25 heavy (non-hydrogen) atoms. The zero-order chi connectivity index (χ0) is 17.6. The molecule has 2 aromatic carbocycles. The molecular formula is C19H13BrN2O3. The Hall–Kier alpha value is -2.73. The maximum absolute atomic E-state index is 13.1. The van der Waals surface area contributed by atoms with Crippen LogP contribution in [0.4, 0.5) is 0 Å². The number of benzene rings is 2. The molecule has 0 bridgehead atoms. The van der Waals surface area contributed by atoms with E-state index in [0.717, 1.165) is 9.99 Å². The molecule has 5 nitrogen and oxygen atoms in total. The van der Waals surface area contributed by atoms with E-state index in [4.69, 9.17) is 4.42 Å². The molecule has 0 unspecified atom stereocenters. The number of hydrogen-bond donors (Lipinski definition) is 0. The first kappa shape index (κ1) is 15.8. The summed E-state index contributed by atoms with van der Waals surface area (Å²) in [5.41, 5.74) is 1.18. The van der Waals surface area contributed by atoms with Gasteiger partial charge < -0.3 is 4.42 Å². The average Bonchev–Trinajstić information content (AvgIpc) is 2.99. The van der Waals surface area contributed by atoms with Crippen molar-refractivity contribution in [3.63, 3.8) is 0 Å². The van der Waals surface area contributed by atoms with Gasteiger partial charge in [0.25, 0.3) is 5.91 Å². The molecule has 0 saturated heterocycles. The third-order valence-electron chi connectivity index (χ3n) is 4.07. The number of aromatic nitrogens is 2. The quantitative estimate of drug-likeness (QED) is 0.477. The molecule has 0 saturated carbocycles. The Balaban J connectivity index is 1.96. The van der Waals surface area contributed by atoms with Gasteiger partial charge in [-0.05, 0) is 36.4 Å². The lowest BCUT2D eigenvalue weighted by Gasteiger charge is -2.07. The van der Waals surface area contributed by atoms with Gasteiger partial charge in [-0.25, -0.2) is 9.78 Å². The maximum atomic E-state index is 13.1. The summed E-state index contributed by atoms with van der Waals surface area (Å²) in [6.07, 6.45) is 0.574. The molecule has 0 N–H and O–H groups in total. The fraction of sp³-hybridized carbons (Fsp3) is 0.105. The predicted molar refractivity (Wildman–Crippen MR) is 99.0 cm³/mol. The Kier molecular flexibility index (Phi) is 3.77. The summed E-state index contributed by atoms with van der Waals surface area (Å²) in [5.74, 6) is 0.182. The molecule has 6 heteroatoms. The molecule has 4 rings (SSSR count). The average molecular weight is 397 g/mol. The van der Waals surface area contributed by atoms with Crippen molar-refractivity contribution in [3.8, 4) is 0 Å². The summed E-state index contributed by atoms with van der Waals surface area (Å²) in [6.45, 7) is 1.92. The van der Waals surface area contributed by atoms with Crippen LogP contribution in [0.15, 0.2) is 62.2 Å². The maximum Gasteiger partial charge on any atom is 0.349 e. The second kappa shape index (κ2) is 5.97. The molecular weight excluding hydrogens is 384 g/mol. The van der Waals surface area contributed by atoms with E-state index in [-0.39, 0.29) is 5.56 Å². The Morgan fingerprint density at radius 1 is 1.20 bits per heavy atom. The number of imidazole rings is 1. The van der Waals surface area contributed by atoms with Gasteiger partial charge in [0.05, 0.1) is 11.0 Å². The lowest BCUT2D eigenvalue weighted by molar-refractivity contribution is 0.0958. The highest BCUT2D eigenvalue weighted by atomic mass is 79.9. The number of rotatable bonds is 2. The summed E-state index contributed by atoms with van der Waals surface area (Å²) < 4.78 is 7.66. The fourth-order valence-corrected chi connectivity index (χ4v) is 3.28. The first-order valence-electron chi connectivity index (χ1n) is 7.83. The second-order valence-electron chi connectivity index (χ2n) is 5.64. The third-order valence-corrected chi connectivity index (χ3v) is 4.57. The molecule has 0 aliphatic rings. The Morgan fingerprint density at radius 2 is 2.00 bits per heavy atom. The van der Waals surface area contributed by atoms with Crippen molar-refractivity contribution in [3.05, 3.63) is 74.8 Å². The number of nitrogens with zero attached hydrogens (tertiary/aromatic N) is 2. The second-order valence-corrected chi connectivity index (χ2v) is 6.56. The number of para-hydroxylation sites is 2. The number of hydrogen-bond acceptors (Lipinski definition) is 4. The number of carbonyl (C=O) groups excluding carboxylic acids is 1. The largest absolute Gasteiger partial charge is 0.422 e. The van der Waals surface area contributed by atoms with Gasteiger partial charge in [0.2, 0.25) is 0 Å². The van der Waals surface area contributed by atoms with E-state index in [0.29, 0.717) is 28.7 Å². The van der Waals surface area contributed by atoms with E-state index in [1.807, 2.05) is 37.3 Å². The summed E-state index contributed by atoms with van der Waals surface area (Å²) >= 11 is 3.39. The van der Waals surface area contributed by atoms with Crippen LogP contribution < -0.4 is 5.63 Å². The van der Waals surface area contributed by atoms with Crippen molar-refractivity contribution in [1.82, 2.24) is 9.55 Å². The lowest BCUT2D eigenvalue weighted by Crippen LogP contribution is -2.22. The van der Waals surface area contributed by atoms with Crippen molar-refractivity contribution in [2.45, 2.75) is 13.3 Å². The molecule has 124 valence electrons. The van der Waals surface area contributed by atoms with E-state index < -0.39 is 11.5 Å². The van der Waals surface area contributed by atoms with Gasteiger partial charge in [0, 0.05) is 16.3 Å². The molecule has 0 aliphatic heterocycles. The number of carbonyl (C=O) groups is 1. The van der Waals surface area contributed by atoms with Crippen LogP contribution in [0.1, 0.15) is 23.1 Å². The van der Waals surface area contributed by atoms with E-state index >= 15 is 0 Å². The zero-order valence-corrected chi connectivity index (χ0v) is 14.9. The van der Waals surface area contributed by atoms with Gasteiger partial charge in [0.15, 0.2) is 0 Å². The molecule has 4 aromatic rings. The first-order chi connectivity index (χ1) is 12.1. The molecule has 0 amide bonds. The zero-order valence-electron chi connectivity index (χ0n) is 13.3. The van der Waals surface area contributed by atoms with Crippen LogP contribution in [0.25, 0.3) is 22.0 Å². The predicted octanol–water partition coefficient (Wildman–Crippen LogP) is 4.16. The fourth-order valence-electron chi connectivity index (χ4n) is 2.90. The van der Waals surface area contributed by atoms with Crippen LogP contribution in [0, 0.1) is 0 Å². The summed E-state index contributed by atoms with van der Waals surface area (Å²) in [5, 5.41) is 0.680. The standard InChI is InChI=1S/C19H13BrN2O3/c1-2-17-21-14-5-3-4-6-15(14)22(17)18(23)13-10-11-9-12(20)7-8-16(11)25-19(13)24/h3-10H,2H2,1H3. The molecule has 0 radical (unpaired) electrons. The van der Waals surface area contributed by atoms with Crippen molar-refractivity contribution in [2.75, 3.05) is 0 Å². The van der Waals surface area contributed by atoms with Crippen LogP contribution in [0.3, 0.4) is 0 Å². The highest BCUT2D eigenvalue weighted by Gasteiger charge is 2.21. The van der Waals surface area contributed by atoms with Crippen LogP contribution in [0.2, 0.25) is 0 Å². The first-order valence-corrected chi connectivity index (χ1v) is 8.62. The topological polar surface area (TPSA) is 65.1 Å². The number of fused-ring (bicyclic) bond motifs is 2. The third kappa shape index (κ3) is 2.59. The summed E-state index contributed by atoms with van der Waals surface area (Å²) in [7, 11) is 0. The highest BCUT2D eigenvalue weighted by molar-refractivity contribution is 9.10. The van der Waals surface area contributed by atoms with Crippen LogP contribution in [-0.4, -0.2) is 15.5 Å². The van der Waals surface area contributed by atoms with Crippen molar-refractivity contribution >= 4 is 43.8 Å². The van der Waals surface area contributed by atoms with E-state index in [1.165, 1.54) is 4.57 Å². The minimum Gasteiger partial charge on any atom is -0.422 e. The van der Waals surface area contributed by atoms with Gasteiger partial charge in [-0.2, -0.15) is 0 Å². The van der Waals surface area contributed by atoms with Crippen molar-refractivity contribution in [2.24, 2.45) is 0 Å². The van der Waals surface area contributed by atoms with Gasteiger partial charge in [-0.1, -0.05) is 35.0 Å². The minimum atomic E-state index is -0.653. The van der Waals surface area contributed by atoms with E-state index in [1.54, 1.807) is 18.2 Å². The van der Waals surface area contributed by atoms with Gasteiger partial charge in [0.1, 0.15) is 17.0 Å². The Morgan fingerprint density at radius 3 is 2.80 bits per heavy atom. The van der Waals surface area contributed by atoms with Crippen LogP contribution in [0.5, 0.6) is 0 Å². The van der Waals surface area contributed by atoms with Crippen molar-refractivity contribution in [1.29, 1.82) is 0 Å². The van der Waals surface area contributed by atoms with Gasteiger partial charge in [-0.3, -0.25) is 9.36 Å². The monoisotopic (exact) mass is 396 g/mol. The molecule has 0 atom stereocenters. The van der Waals surface area contributed by atoms with E-state index in [9.17, 15) is 9.59 Å². The molecule has 2 heterocycles. The summed E-state index contributed by atoms with van der Waals surface area (Å²) in [6, 6.07) is 14.2. The smallest absolute Gasteiger partial charge is 0.349 e. The molecule has 0 fully saturated rings. The van der Waals surface area contributed by atoms with Gasteiger partial charge >= 0.3 is 5.63 Å². The Labute approximate surface area is 151 Å². The van der Waals surface area contributed by atoms with Crippen LogP contribution in [-0.2, 0) is 6.42 Å². The normalized spacial score (nSPS) is 11.3. The summed E-state index contributed by atoms with van der Waals surface area (Å²) in [4.78, 5) is 29.9.